The van der Waals surface area contributed by atoms with Gasteiger partial charge in [-0.1, -0.05) is 24.2 Å². The standard InChI is InChI=1S/C21H34N2O2/c1-20-11-9-15(22-24-3)13-14(20)5-6-16-17-7-8-19(23-25-4)21(17,2)12-10-18(16)20/h14,16-18H,5-13H2,1-4H3/b22-15-,23-19+/t14-,16+,17+,18+,20+,21+/m1/s1. The fourth-order valence-electron chi connectivity index (χ4n) is 7.32. The maximum atomic E-state index is 5.18. The summed E-state index contributed by atoms with van der Waals surface area (Å²) in [7, 11) is 3.38. The van der Waals surface area contributed by atoms with Gasteiger partial charge in [-0.05, 0) is 86.9 Å². The zero-order chi connectivity index (χ0) is 17.7. The van der Waals surface area contributed by atoms with Crippen molar-refractivity contribution in [3.8, 4) is 0 Å². The molecule has 0 heterocycles. The fraction of sp³-hybridized carbons (Fsp3) is 0.905. The number of nitrogens with zero attached hydrogens (tertiary/aromatic N) is 2. The Labute approximate surface area is 152 Å². The Morgan fingerprint density at radius 1 is 0.880 bits per heavy atom. The highest BCUT2D eigenvalue weighted by Crippen LogP contribution is 2.65. The summed E-state index contributed by atoms with van der Waals surface area (Å²) in [6.45, 7) is 5.07. The molecular formula is C21H34N2O2. The number of hydrogen-bond donors (Lipinski definition) is 0. The first-order valence-corrected chi connectivity index (χ1v) is 10.2. The van der Waals surface area contributed by atoms with Crippen molar-refractivity contribution in [2.24, 2.45) is 44.8 Å². The van der Waals surface area contributed by atoms with Crippen molar-refractivity contribution in [1.29, 1.82) is 0 Å². The van der Waals surface area contributed by atoms with Crippen molar-refractivity contribution >= 4 is 11.4 Å². The van der Waals surface area contributed by atoms with Crippen molar-refractivity contribution in [2.75, 3.05) is 14.2 Å². The Morgan fingerprint density at radius 3 is 2.44 bits per heavy atom. The molecule has 4 nitrogen and oxygen atoms in total. The van der Waals surface area contributed by atoms with E-state index in [1.807, 2.05) is 0 Å². The van der Waals surface area contributed by atoms with E-state index in [0.29, 0.717) is 5.41 Å². The summed E-state index contributed by atoms with van der Waals surface area (Å²) < 4.78 is 0. The van der Waals surface area contributed by atoms with Crippen molar-refractivity contribution in [3.05, 3.63) is 0 Å². The molecule has 0 aromatic heterocycles. The lowest BCUT2D eigenvalue weighted by atomic mass is 9.45. The smallest absolute Gasteiger partial charge is 0.106 e. The van der Waals surface area contributed by atoms with Crippen LogP contribution in [0, 0.1) is 34.5 Å². The van der Waals surface area contributed by atoms with Gasteiger partial charge in [0.2, 0.25) is 0 Å². The molecule has 6 atom stereocenters. The van der Waals surface area contributed by atoms with E-state index in [2.05, 4.69) is 24.2 Å². The van der Waals surface area contributed by atoms with Gasteiger partial charge in [0.1, 0.15) is 14.2 Å². The van der Waals surface area contributed by atoms with Crippen LogP contribution in [-0.4, -0.2) is 25.6 Å². The molecule has 4 heteroatoms. The number of oxime groups is 2. The Bertz CT molecular complexity index is 586. The first kappa shape index (κ1) is 17.4. The Balaban J connectivity index is 1.58. The van der Waals surface area contributed by atoms with Gasteiger partial charge in [-0.25, -0.2) is 0 Å². The van der Waals surface area contributed by atoms with Crippen molar-refractivity contribution < 1.29 is 9.68 Å². The first-order chi connectivity index (χ1) is 12.0. The van der Waals surface area contributed by atoms with Gasteiger partial charge in [0.25, 0.3) is 0 Å². The maximum absolute atomic E-state index is 5.18. The molecule has 4 fully saturated rings. The van der Waals surface area contributed by atoms with Gasteiger partial charge in [0.05, 0.1) is 11.4 Å². The van der Waals surface area contributed by atoms with Crippen molar-refractivity contribution in [3.63, 3.8) is 0 Å². The number of hydrogen-bond acceptors (Lipinski definition) is 4. The van der Waals surface area contributed by atoms with Crippen LogP contribution in [0.25, 0.3) is 0 Å². The average Bonchev–Trinajstić information content (AvgIpc) is 2.93. The van der Waals surface area contributed by atoms with Gasteiger partial charge < -0.3 is 9.68 Å². The molecule has 140 valence electrons. The fourth-order valence-corrected chi connectivity index (χ4v) is 7.32. The minimum atomic E-state index is 0.289. The van der Waals surface area contributed by atoms with Crippen LogP contribution in [0.15, 0.2) is 10.3 Å². The van der Waals surface area contributed by atoms with E-state index in [1.54, 1.807) is 14.2 Å². The Kier molecular flexibility index (Phi) is 4.36. The topological polar surface area (TPSA) is 43.2 Å². The molecule has 25 heavy (non-hydrogen) atoms. The second kappa shape index (κ2) is 6.28. The zero-order valence-corrected chi connectivity index (χ0v) is 16.4. The highest BCUT2D eigenvalue weighted by atomic mass is 16.6. The van der Waals surface area contributed by atoms with Gasteiger partial charge in [0, 0.05) is 5.41 Å². The molecule has 0 radical (unpaired) electrons. The molecule has 0 amide bonds. The first-order valence-electron chi connectivity index (χ1n) is 10.2. The Hall–Kier alpha value is -1.06. The molecule has 4 aliphatic carbocycles. The summed E-state index contributed by atoms with van der Waals surface area (Å²) >= 11 is 0. The molecule has 0 aromatic rings. The minimum Gasteiger partial charge on any atom is -0.399 e. The van der Waals surface area contributed by atoms with E-state index in [0.717, 1.165) is 42.9 Å². The summed E-state index contributed by atoms with van der Waals surface area (Å²) in [5.41, 5.74) is 3.42. The summed E-state index contributed by atoms with van der Waals surface area (Å²) in [4.78, 5) is 10.2. The third-order valence-corrected chi connectivity index (χ3v) is 8.66. The van der Waals surface area contributed by atoms with Gasteiger partial charge in [-0.3, -0.25) is 0 Å². The predicted octanol–water partition coefficient (Wildman–Crippen LogP) is 5.03. The van der Waals surface area contributed by atoms with Gasteiger partial charge >= 0.3 is 0 Å². The van der Waals surface area contributed by atoms with Gasteiger partial charge in [-0.2, -0.15) is 0 Å². The molecular weight excluding hydrogens is 312 g/mol. The lowest BCUT2D eigenvalue weighted by Gasteiger charge is -2.59. The quantitative estimate of drug-likeness (QED) is 0.658. The minimum absolute atomic E-state index is 0.289. The molecule has 0 spiro atoms. The highest BCUT2D eigenvalue weighted by Gasteiger charge is 2.59. The summed E-state index contributed by atoms with van der Waals surface area (Å²) in [5.74, 6) is 3.38. The van der Waals surface area contributed by atoms with Crippen LogP contribution in [0.2, 0.25) is 0 Å². The molecule has 0 unspecified atom stereocenters. The highest BCUT2D eigenvalue weighted by molar-refractivity contribution is 5.92. The molecule has 4 saturated carbocycles. The van der Waals surface area contributed by atoms with E-state index in [1.165, 1.54) is 49.9 Å². The monoisotopic (exact) mass is 346 g/mol. The normalized spacial score (nSPS) is 49.4. The number of fused-ring (bicyclic) bond motifs is 5. The third-order valence-electron chi connectivity index (χ3n) is 8.66. The molecule has 0 saturated heterocycles. The molecule has 0 N–H and O–H groups in total. The van der Waals surface area contributed by atoms with Crippen LogP contribution in [-0.2, 0) is 9.68 Å². The van der Waals surface area contributed by atoms with Crippen molar-refractivity contribution in [1.82, 2.24) is 0 Å². The van der Waals surface area contributed by atoms with Crippen molar-refractivity contribution in [2.45, 2.75) is 71.6 Å². The SMILES string of the molecule is CO/N=C1/CC[C@@]2(C)[C@H](CC[C@@H]3[C@@H]2CC[C@]2(C)/C(=N/OC)CC[C@@H]32)C1. The van der Waals surface area contributed by atoms with Crippen LogP contribution in [0.1, 0.15) is 71.6 Å². The van der Waals surface area contributed by atoms with Crippen LogP contribution in [0.5, 0.6) is 0 Å². The lowest BCUT2D eigenvalue weighted by Crippen LogP contribution is -2.53. The molecule has 4 rings (SSSR count). The zero-order valence-electron chi connectivity index (χ0n) is 16.4. The predicted molar refractivity (Wildman–Crippen MR) is 101 cm³/mol. The second-order valence-electron chi connectivity index (χ2n) is 9.42. The van der Waals surface area contributed by atoms with Crippen LogP contribution in [0.4, 0.5) is 0 Å². The van der Waals surface area contributed by atoms with Crippen LogP contribution in [0.3, 0.4) is 0 Å². The third kappa shape index (κ3) is 2.54. The van der Waals surface area contributed by atoms with Crippen LogP contribution >= 0.6 is 0 Å². The van der Waals surface area contributed by atoms with E-state index < -0.39 is 0 Å². The average molecular weight is 347 g/mol. The van der Waals surface area contributed by atoms with E-state index in [9.17, 15) is 0 Å². The molecule has 0 bridgehead atoms. The van der Waals surface area contributed by atoms with E-state index >= 15 is 0 Å². The molecule has 0 aliphatic heterocycles. The lowest BCUT2D eigenvalue weighted by molar-refractivity contribution is -0.0821. The molecule has 0 aromatic carbocycles. The molecule has 4 aliphatic rings. The van der Waals surface area contributed by atoms with Gasteiger partial charge in [0.15, 0.2) is 0 Å². The summed E-state index contributed by atoms with van der Waals surface area (Å²) in [6.07, 6.45) is 11.5. The summed E-state index contributed by atoms with van der Waals surface area (Å²) in [6, 6.07) is 0. The Morgan fingerprint density at radius 2 is 1.68 bits per heavy atom. The van der Waals surface area contributed by atoms with Crippen LogP contribution < -0.4 is 0 Å². The largest absolute Gasteiger partial charge is 0.399 e. The van der Waals surface area contributed by atoms with Gasteiger partial charge in [-0.15, -0.1) is 0 Å². The number of rotatable bonds is 2. The van der Waals surface area contributed by atoms with E-state index in [-0.39, 0.29) is 5.41 Å². The maximum Gasteiger partial charge on any atom is 0.106 e. The second-order valence-corrected chi connectivity index (χ2v) is 9.42. The summed E-state index contributed by atoms with van der Waals surface area (Å²) in [5, 5.41) is 8.73. The van der Waals surface area contributed by atoms with E-state index in [4.69, 9.17) is 9.68 Å².